The lowest BCUT2D eigenvalue weighted by molar-refractivity contribution is 0.383. The molecule has 5 nitrogen and oxygen atoms in total. The molecule has 2 N–H and O–H groups in total. The fourth-order valence-electron chi connectivity index (χ4n) is 1.54. The standard InChI is InChI=1S/C15H28N4O/c1-8-16-13(19-15(5,6)7)18-10-12-17-9-11(20-12)14(2,3)4/h9H,8,10H2,1-7H3,(H2,16,18,19). The Hall–Kier alpha value is -1.52. The van der Waals surface area contributed by atoms with Crippen LogP contribution in [0.4, 0.5) is 0 Å². The molecular formula is C15H28N4O. The summed E-state index contributed by atoms with van der Waals surface area (Å²) >= 11 is 0. The first-order valence-corrected chi connectivity index (χ1v) is 7.13. The number of oxazole rings is 1. The van der Waals surface area contributed by atoms with Crippen molar-refractivity contribution >= 4 is 5.96 Å². The van der Waals surface area contributed by atoms with Gasteiger partial charge in [-0.15, -0.1) is 0 Å². The average molecular weight is 280 g/mol. The fraction of sp³-hybridized carbons (Fsp3) is 0.733. The van der Waals surface area contributed by atoms with Gasteiger partial charge in [-0.1, -0.05) is 20.8 Å². The van der Waals surface area contributed by atoms with Crippen molar-refractivity contribution in [3.63, 3.8) is 0 Å². The second-order valence-corrected chi connectivity index (χ2v) is 6.94. The highest BCUT2D eigenvalue weighted by Gasteiger charge is 2.19. The van der Waals surface area contributed by atoms with Crippen molar-refractivity contribution < 1.29 is 4.42 Å². The molecule has 1 rings (SSSR count). The highest BCUT2D eigenvalue weighted by molar-refractivity contribution is 5.80. The smallest absolute Gasteiger partial charge is 0.216 e. The lowest BCUT2D eigenvalue weighted by atomic mass is 9.94. The Morgan fingerprint density at radius 1 is 1.25 bits per heavy atom. The Kier molecular flexibility index (Phi) is 5.20. The maximum absolute atomic E-state index is 5.73. The number of nitrogens with zero attached hydrogens (tertiary/aromatic N) is 2. The molecule has 20 heavy (non-hydrogen) atoms. The largest absolute Gasteiger partial charge is 0.443 e. The van der Waals surface area contributed by atoms with E-state index in [1.165, 1.54) is 0 Å². The summed E-state index contributed by atoms with van der Waals surface area (Å²) in [5.74, 6) is 2.30. The molecule has 1 aromatic rings. The molecule has 114 valence electrons. The van der Waals surface area contributed by atoms with Gasteiger partial charge in [-0.2, -0.15) is 0 Å². The molecule has 0 amide bonds. The van der Waals surface area contributed by atoms with Crippen LogP contribution in [0.15, 0.2) is 15.6 Å². The second kappa shape index (κ2) is 6.29. The van der Waals surface area contributed by atoms with Gasteiger partial charge in [0, 0.05) is 17.5 Å². The van der Waals surface area contributed by atoms with Crippen molar-refractivity contribution in [1.29, 1.82) is 0 Å². The monoisotopic (exact) mass is 280 g/mol. The highest BCUT2D eigenvalue weighted by atomic mass is 16.4. The maximum Gasteiger partial charge on any atom is 0.216 e. The lowest BCUT2D eigenvalue weighted by Gasteiger charge is -2.23. The summed E-state index contributed by atoms with van der Waals surface area (Å²) in [6.45, 7) is 15.9. The zero-order valence-electron chi connectivity index (χ0n) is 13.8. The van der Waals surface area contributed by atoms with Crippen LogP contribution in [0.25, 0.3) is 0 Å². The minimum absolute atomic E-state index is 0.0247. The van der Waals surface area contributed by atoms with Gasteiger partial charge < -0.3 is 15.1 Å². The van der Waals surface area contributed by atoms with Crippen LogP contribution >= 0.6 is 0 Å². The van der Waals surface area contributed by atoms with E-state index in [-0.39, 0.29) is 11.0 Å². The molecule has 5 heteroatoms. The van der Waals surface area contributed by atoms with E-state index in [0.717, 1.165) is 18.3 Å². The van der Waals surface area contributed by atoms with E-state index in [9.17, 15) is 0 Å². The minimum Gasteiger partial charge on any atom is -0.443 e. The molecule has 1 aromatic heterocycles. The maximum atomic E-state index is 5.73. The Bertz CT molecular complexity index is 449. The van der Waals surface area contributed by atoms with Crippen molar-refractivity contribution in [2.24, 2.45) is 4.99 Å². The van der Waals surface area contributed by atoms with Crippen LogP contribution in [0.2, 0.25) is 0 Å². The number of guanidine groups is 1. The van der Waals surface area contributed by atoms with E-state index in [1.807, 2.05) is 6.92 Å². The van der Waals surface area contributed by atoms with Crippen LogP contribution in [-0.4, -0.2) is 23.0 Å². The third kappa shape index (κ3) is 5.63. The van der Waals surface area contributed by atoms with Gasteiger partial charge in [-0.3, -0.25) is 0 Å². The topological polar surface area (TPSA) is 62.5 Å². The Morgan fingerprint density at radius 2 is 1.90 bits per heavy atom. The molecule has 0 saturated heterocycles. The van der Waals surface area contributed by atoms with E-state index in [0.29, 0.717) is 12.4 Å². The molecule has 0 aliphatic carbocycles. The van der Waals surface area contributed by atoms with Crippen LogP contribution in [0.1, 0.15) is 60.1 Å². The first kappa shape index (κ1) is 16.5. The molecule has 0 bridgehead atoms. The summed E-state index contributed by atoms with van der Waals surface area (Å²) in [7, 11) is 0. The zero-order valence-corrected chi connectivity index (χ0v) is 13.8. The van der Waals surface area contributed by atoms with Crippen molar-refractivity contribution in [1.82, 2.24) is 15.6 Å². The number of nitrogens with one attached hydrogen (secondary N) is 2. The lowest BCUT2D eigenvalue weighted by Crippen LogP contribution is -2.47. The van der Waals surface area contributed by atoms with Crippen molar-refractivity contribution in [2.75, 3.05) is 6.54 Å². The molecular weight excluding hydrogens is 252 g/mol. The van der Waals surface area contributed by atoms with E-state index >= 15 is 0 Å². The van der Waals surface area contributed by atoms with Gasteiger partial charge >= 0.3 is 0 Å². The average Bonchev–Trinajstić information content (AvgIpc) is 2.72. The second-order valence-electron chi connectivity index (χ2n) is 6.94. The Balaban J connectivity index is 2.74. The molecule has 1 heterocycles. The third-order valence-electron chi connectivity index (χ3n) is 2.50. The number of aromatic nitrogens is 1. The van der Waals surface area contributed by atoms with Crippen LogP contribution in [0, 0.1) is 0 Å². The predicted molar refractivity (Wildman–Crippen MR) is 82.9 cm³/mol. The van der Waals surface area contributed by atoms with Crippen LogP contribution < -0.4 is 10.6 Å². The zero-order chi connectivity index (χ0) is 15.4. The normalized spacial score (nSPS) is 13.4. The van der Waals surface area contributed by atoms with Gasteiger partial charge in [-0.05, 0) is 27.7 Å². The molecule has 0 fully saturated rings. The van der Waals surface area contributed by atoms with E-state index < -0.39 is 0 Å². The van der Waals surface area contributed by atoms with E-state index in [1.54, 1.807) is 6.20 Å². The molecule has 0 unspecified atom stereocenters. The van der Waals surface area contributed by atoms with Crippen molar-refractivity contribution in [3.05, 3.63) is 17.8 Å². The summed E-state index contributed by atoms with van der Waals surface area (Å²) in [6, 6.07) is 0. The van der Waals surface area contributed by atoms with E-state index in [4.69, 9.17) is 4.42 Å². The van der Waals surface area contributed by atoms with Gasteiger partial charge in [0.2, 0.25) is 5.89 Å². The van der Waals surface area contributed by atoms with Crippen molar-refractivity contribution in [3.8, 4) is 0 Å². The molecule has 0 radical (unpaired) electrons. The third-order valence-corrected chi connectivity index (χ3v) is 2.50. The van der Waals surface area contributed by atoms with Gasteiger partial charge in [0.05, 0.1) is 6.20 Å². The van der Waals surface area contributed by atoms with Crippen LogP contribution in [0.3, 0.4) is 0 Å². The molecule has 0 saturated carbocycles. The molecule has 0 aliphatic rings. The van der Waals surface area contributed by atoms with Gasteiger partial charge in [-0.25, -0.2) is 9.98 Å². The van der Waals surface area contributed by atoms with E-state index in [2.05, 4.69) is 62.2 Å². The highest BCUT2D eigenvalue weighted by Crippen LogP contribution is 2.22. The number of hydrogen-bond acceptors (Lipinski definition) is 3. The van der Waals surface area contributed by atoms with Crippen LogP contribution in [-0.2, 0) is 12.0 Å². The summed E-state index contributed by atoms with van der Waals surface area (Å²) in [5.41, 5.74) is -0.0582. The molecule has 0 atom stereocenters. The Labute approximate surface area is 122 Å². The summed E-state index contributed by atoms with van der Waals surface area (Å²) in [6.07, 6.45) is 1.79. The predicted octanol–water partition coefficient (Wildman–Crippen LogP) is 2.83. The molecule has 0 spiro atoms. The summed E-state index contributed by atoms with van der Waals surface area (Å²) in [4.78, 5) is 8.78. The SMILES string of the molecule is CCNC(=NCc1ncc(C(C)(C)C)o1)NC(C)(C)C. The van der Waals surface area contributed by atoms with Gasteiger partial charge in [0.25, 0.3) is 0 Å². The Morgan fingerprint density at radius 3 is 2.35 bits per heavy atom. The summed E-state index contributed by atoms with van der Waals surface area (Å²) in [5, 5.41) is 6.55. The van der Waals surface area contributed by atoms with Crippen LogP contribution in [0.5, 0.6) is 0 Å². The number of rotatable bonds is 3. The molecule has 0 aromatic carbocycles. The number of hydrogen-bond donors (Lipinski definition) is 2. The van der Waals surface area contributed by atoms with Gasteiger partial charge in [0.15, 0.2) is 5.96 Å². The fourth-order valence-corrected chi connectivity index (χ4v) is 1.54. The van der Waals surface area contributed by atoms with Gasteiger partial charge in [0.1, 0.15) is 12.3 Å². The summed E-state index contributed by atoms with van der Waals surface area (Å²) < 4.78 is 5.73. The van der Waals surface area contributed by atoms with Crippen molar-refractivity contribution in [2.45, 2.75) is 66.0 Å². The first-order chi connectivity index (χ1) is 9.12. The molecule has 0 aliphatic heterocycles. The number of aliphatic imine (C=N–C) groups is 1. The quantitative estimate of drug-likeness (QED) is 0.660. The first-order valence-electron chi connectivity index (χ1n) is 7.13. The minimum atomic E-state index is -0.0336.